The Morgan fingerprint density at radius 1 is 1.21 bits per heavy atom. The number of hydrogen-bond acceptors (Lipinski definition) is 5. The molecule has 0 unspecified atom stereocenters. The monoisotopic (exact) mass is 266 g/mol. The summed E-state index contributed by atoms with van der Waals surface area (Å²) < 4.78 is 10.6. The smallest absolute Gasteiger partial charge is 0.340 e. The second-order valence-corrected chi connectivity index (χ2v) is 5.41. The molecule has 0 heterocycles. The molecule has 0 saturated carbocycles. The van der Waals surface area contributed by atoms with Crippen LogP contribution in [-0.4, -0.2) is 24.8 Å². The van der Waals surface area contributed by atoms with Crippen molar-refractivity contribution in [3.63, 3.8) is 0 Å². The van der Waals surface area contributed by atoms with Crippen LogP contribution < -0.4 is 11.5 Å². The Labute approximate surface area is 113 Å². The lowest BCUT2D eigenvalue weighted by molar-refractivity contribution is -0.0281. The molecule has 4 N–H and O–H groups in total. The molecule has 0 aliphatic rings. The number of ether oxygens (including phenoxy) is 2. The maximum atomic E-state index is 11.9. The van der Waals surface area contributed by atoms with Crippen molar-refractivity contribution in [2.45, 2.75) is 33.3 Å². The number of benzene rings is 1. The molecule has 5 nitrogen and oxygen atoms in total. The molecule has 0 atom stereocenters. The topological polar surface area (TPSA) is 87.6 Å². The van der Waals surface area contributed by atoms with Crippen molar-refractivity contribution in [1.82, 2.24) is 0 Å². The summed E-state index contributed by atoms with van der Waals surface area (Å²) in [6.45, 7) is 8.19. The summed E-state index contributed by atoms with van der Waals surface area (Å²) in [7, 11) is 0. The van der Waals surface area contributed by atoms with E-state index in [1.807, 2.05) is 27.7 Å². The van der Waals surface area contributed by atoms with Gasteiger partial charge in [-0.15, -0.1) is 0 Å². The highest BCUT2D eigenvalue weighted by Crippen LogP contribution is 2.22. The third kappa shape index (κ3) is 4.79. The molecule has 0 aromatic heterocycles. The lowest BCUT2D eigenvalue weighted by Crippen LogP contribution is -2.23. The summed E-state index contributed by atoms with van der Waals surface area (Å²) in [5.41, 5.74) is 13.0. The van der Waals surface area contributed by atoms with E-state index in [0.717, 1.165) is 5.56 Å². The van der Waals surface area contributed by atoms with Gasteiger partial charge in [-0.1, -0.05) is 0 Å². The molecule has 0 bridgehead atoms. The zero-order chi connectivity index (χ0) is 14.6. The zero-order valence-corrected chi connectivity index (χ0v) is 11.9. The summed E-state index contributed by atoms with van der Waals surface area (Å²) in [5, 5.41) is 0. The molecular formula is C14H22N2O3. The summed E-state index contributed by atoms with van der Waals surface area (Å²) in [6, 6.07) is 3.38. The molecule has 1 aromatic carbocycles. The van der Waals surface area contributed by atoms with Gasteiger partial charge < -0.3 is 20.9 Å². The van der Waals surface area contributed by atoms with Crippen molar-refractivity contribution >= 4 is 17.3 Å². The predicted octanol–water partition coefficient (Wildman–Crippen LogP) is 2.13. The van der Waals surface area contributed by atoms with Gasteiger partial charge in [-0.2, -0.15) is 0 Å². The highest BCUT2D eigenvalue weighted by atomic mass is 16.6. The molecule has 0 spiro atoms. The van der Waals surface area contributed by atoms with Crippen molar-refractivity contribution in [3.05, 3.63) is 23.3 Å². The van der Waals surface area contributed by atoms with Gasteiger partial charge in [0.2, 0.25) is 0 Å². The quantitative estimate of drug-likeness (QED) is 0.495. The van der Waals surface area contributed by atoms with Crippen LogP contribution >= 0.6 is 0 Å². The molecule has 0 amide bonds. The zero-order valence-electron chi connectivity index (χ0n) is 11.9. The van der Waals surface area contributed by atoms with Gasteiger partial charge in [0.25, 0.3) is 0 Å². The molecule has 5 heteroatoms. The van der Waals surface area contributed by atoms with Crippen LogP contribution in [0.25, 0.3) is 0 Å². The number of aryl methyl sites for hydroxylation is 1. The number of nitrogens with two attached hydrogens (primary N) is 2. The minimum absolute atomic E-state index is 0.184. The fraction of sp³-hybridized carbons (Fsp3) is 0.500. The van der Waals surface area contributed by atoms with E-state index in [0.29, 0.717) is 17.9 Å². The predicted molar refractivity (Wildman–Crippen MR) is 76.0 cm³/mol. The van der Waals surface area contributed by atoms with Crippen LogP contribution in [0.2, 0.25) is 0 Å². The largest absolute Gasteiger partial charge is 0.460 e. The van der Waals surface area contributed by atoms with Crippen molar-refractivity contribution in [2.75, 3.05) is 24.7 Å². The Morgan fingerprint density at radius 2 is 1.84 bits per heavy atom. The van der Waals surface area contributed by atoms with E-state index in [-0.39, 0.29) is 17.9 Å². The molecule has 106 valence electrons. The number of esters is 1. The van der Waals surface area contributed by atoms with Gasteiger partial charge in [-0.05, 0) is 45.4 Å². The molecule has 0 saturated heterocycles. The molecule has 0 fully saturated rings. The summed E-state index contributed by atoms with van der Waals surface area (Å²) in [4.78, 5) is 11.9. The molecule has 0 aliphatic heterocycles. The van der Waals surface area contributed by atoms with Crippen molar-refractivity contribution in [2.24, 2.45) is 0 Å². The number of rotatable bonds is 4. The van der Waals surface area contributed by atoms with Gasteiger partial charge in [-0.25, -0.2) is 4.79 Å². The maximum absolute atomic E-state index is 11.9. The first-order valence-corrected chi connectivity index (χ1v) is 6.17. The molecule has 19 heavy (non-hydrogen) atoms. The van der Waals surface area contributed by atoms with Crippen LogP contribution in [0.15, 0.2) is 12.1 Å². The van der Waals surface area contributed by atoms with E-state index >= 15 is 0 Å². The van der Waals surface area contributed by atoms with Crippen LogP contribution in [0, 0.1) is 6.92 Å². The first kappa shape index (κ1) is 15.3. The Hall–Kier alpha value is -1.75. The highest BCUT2D eigenvalue weighted by molar-refractivity contribution is 5.98. The minimum atomic E-state index is -0.481. The van der Waals surface area contributed by atoms with E-state index < -0.39 is 5.97 Å². The number of nitrogen functional groups attached to an aromatic ring is 2. The average Bonchev–Trinajstić information content (AvgIpc) is 2.27. The van der Waals surface area contributed by atoms with E-state index in [1.165, 1.54) is 0 Å². The Balaban J connectivity index is 2.60. The number of hydrogen-bond donors (Lipinski definition) is 2. The molecule has 0 aliphatic carbocycles. The fourth-order valence-corrected chi connectivity index (χ4v) is 1.55. The lowest BCUT2D eigenvalue weighted by atomic mass is 10.1. The van der Waals surface area contributed by atoms with Gasteiger partial charge in [0, 0.05) is 0 Å². The van der Waals surface area contributed by atoms with E-state index in [9.17, 15) is 4.79 Å². The number of carbonyl (C=O) groups excluding carboxylic acids is 1. The number of carbonyl (C=O) groups is 1. The fourth-order valence-electron chi connectivity index (χ4n) is 1.55. The van der Waals surface area contributed by atoms with Crippen LogP contribution in [0.4, 0.5) is 11.4 Å². The normalized spacial score (nSPS) is 11.4. The van der Waals surface area contributed by atoms with Crippen molar-refractivity contribution < 1.29 is 14.3 Å². The summed E-state index contributed by atoms with van der Waals surface area (Å²) >= 11 is 0. The standard InChI is InChI=1S/C14H22N2O3/c1-9-7-10(12(16)11(15)8-9)13(17)18-5-6-19-14(2,3)4/h7-8H,5-6,15-16H2,1-4H3. The van der Waals surface area contributed by atoms with Gasteiger partial charge in [0.05, 0.1) is 29.1 Å². The molecule has 1 aromatic rings. The SMILES string of the molecule is Cc1cc(N)c(N)c(C(=O)OCCOC(C)(C)C)c1. The minimum Gasteiger partial charge on any atom is -0.460 e. The lowest BCUT2D eigenvalue weighted by Gasteiger charge is -2.19. The maximum Gasteiger partial charge on any atom is 0.340 e. The third-order valence-electron chi connectivity index (χ3n) is 2.43. The Morgan fingerprint density at radius 3 is 2.42 bits per heavy atom. The molecular weight excluding hydrogens is 244 g/mol. The van der Waals surface area contributed by atoms with E-state index in [4.69, 9.17) is 20.9 Å². The first-order valence-electron chi connectivity index (χ1n) is 6.17. The van der Waals surface area contributed by atoms with E-state index in [1.54, 1.807) is 12.1 Å². The first-order chi connectivity index (χ1) is 8.70. The Bertz CT molecular complexity index is 464. The third-order valence-corrected chi connectivity index (χ3v) is 2.43. The second kappa shape index (κ2) is 5.93. The Kier molecular flexibility index (Phi) is 4.78. The van der Waals surface area contributed by atoms with Gasteiger partial charge in [0.15, 0.2) is 0 Å². The molecule has 1 rings (SSSR count). The summed E-state index contributed by atoms with van der Waals surface area (Å²) in [6.07, 6.45) is 0. The van der Waals surface area contributed by atoms with Gasteiger partial charge in [0.1, 0.15) is 6.61 Å². The van der Waals surface area contributed by atoms with Crippen LogP contribution in [0.3, 0.4) is 0 Å². The second-order valence-electron chi connectivity index (χ2n) is 5.41. The van der Waals surface area contributed by atoms with Crippen LogP contribution in [-0.2, 0) is 9.47 Å². The highest BCUT2D eigenvalue weighted by Gasteiger charge is 2.15. The summed E-state index contributed by atoms with van der Waals surface area (Å²) in [5.74, 6) is -0.481. The van der Waals surface area contributed by atoms with Crippen molar-refractivity contribution in [3.8, 4) is 0 Å². The van der Waals surface area contributed by atoms with Crippen molar-refractivity contribution in [1.29, 1.82) is 0 Å². The molecule has 0 radical (unpaired) electrons. The van der Waals surface area contributed by atoms with Gasteiger partial charge >= 0.3 is 5.97 Å². The van der Waals surface area contributed by atoms with E-state index in [2.05, 4.69) is 0 Å². The van der Waals surface area contributed by atoms with Crippen LogP contribution in [0.1, 0.15) is 36.7 Å². The average molecular weight is 266 g/mol. The van der Waals surface area contributed by atoms with Gasteiger partial charge in [-0.3, -0.25) is 0 Å². The number of anilines is 2. The van der Waals surface area contributed by atoms with Crippen LogP contribution in [0.5, 0.6) is 0 Å².